The van der Waals surface area contributed by atoms with Crippen molar-refractivity contribution in [2.45, 2.75) is 18.6 Å². The molecular weight excluding hydrogens is 318 g/mol. The van der Waals surface area contributed by atoms with E-state index in [2.05, 4.69) is 20.6 Å². The van der Waals surface area contributed by atoms with Gasteiger partial charge in [0.25, 0.3) is 0 Å². The minimum atomic E-state index is 0.850. The van der Waals surface area contributed by atoms with Crippen LogP contribution in [0.25, 0.3) is 0 Å². The van der Waals surface area contributed by atoms with Gasteiger partial charge in [0, 0.05) is 29.9 Å². The molecule has 0 saturated carbocycles. The molecule has 3 nitrogen and oxygen atoms in total. The Bertz CT molecular complexity index is 591. The number of para-hydroxylation sites is 1. The monoisotopic (exact) mass is 335 g/mol. The first kappa shape index (κ1) is 14.8. The van der Waals surface area contributed by atoms with Crippen LogP contribution in [0.1, 0.15) is 18.5 Å². The SMILES string of the molecule is S=C(SCc1csc(Nc2ccccc2)n1)N1CCCC1. The molecule has 0 spiro atoms. The van der Waals surface area contributed by atoms with Crippen molar-refractivity contribution in [1.82, 2.24) is 9.88 Å². The topological polar surface area (TPSA) is 28.2 Å². The predicted octanol–water partition coefficient (Wildman–Crippen LogP) is 4.50. The quantitative estimate of drug-likeness (QED) is 0.831. The van der Waals surface area contributed by atoms with E-state index in [0.717, 1.165) is 39.7 Å². The molecule has 21 heavy (non-hydrogen) atoms. The molecule has 0 unspecified atom stereocenters. The van der Waals surface area contributed by atoms with Crippen LogP contribution in [-0.2, 0) is 5.75 Å². The molecule has 0 amide bonds. The van der Waals surface area contributed by atoms with Gasteiger partial charge in [0.1, 0.15) is 4.32 Å². The second-order valence-corrected chi connectivity index (χ2v) is 7.35. The van der Waals surface area contributed by atoms with E-state index in [1.54, 1.807) is 23.1 Å². The Kier molecular flexibility index (Phi) is 5.11. The van der Waals surface area contributed by atoms with Crippen LogP contribution in [-0.4, -0.2) is 27.3 Å². The number of thiazole rings is 1. The van der Waals surface area contributed by atoms with Gasteiger partial charge in [-0.25, -0.2) is 4.98 Å². The lowest BCUT2D eigenvalue weighted by Gasteiger charge is -2.16. The van der Waals surface area contributed by atoms with Crippen LogP contribution in [0.15, 0.2) is 35.7 Å². The molecule has 1 fully saturated rings. The number of anilines is 2. The summed E-state index contributed by atoms with van der Waals surface area (Å²) in [5.41, 5.74) is 2.16. The zero-order chi connectivity index (χ0) is 14.5. The number of aromatic nitrogens is 1. The molecular formula is C15H17N3S3. The van der Waals surface area contributed by atoms with E-state index >= 15 is 0 Å². The summed E-state index contributed by atoms with van der Waals surface area (Å²) < 4.78 is 1.01. The van der Waals surface area contributed by atoms with E-state index in [-0.39, 0.29) is 0 Å². The summed E-state index contributed by atoms with van der Waals surface area (Å²) in [4.78, 5) is 6.91. The Morgan fingerprint density at radius 3 is 2.81 bits per heavy atom. The first-order valence-electron chi connectivity index (χ1n) is 6.99. The minimum absolute atomic E-state index is 0.850. The van der Waals surface area contributed by atoms with Crippen LogP contribution in [0.4, 0.5) is 10.8 Å². The van der Waals surface area contributed by atoms with Gasteiger partial charge < -0.3 is 10.2 Å². The maximum Gasteiger partial charge on any atom is 0.187 e. The highest BCUT2D eigenvalue weighted by atomic mass is 32.2. The minimum Gasteiger partial charge on any atom is -0.358 e. The number of benzene rings is 1. The van der Waals surface area contributed by atoms with Crippen molar-refractivity contribution in [3.8, 4) is 0 Å². The maximum absolute atomic E-state index is 5.47. The Hall–Kier alpha value is -1.11. The molecule has 1 N–H and O–H groups in total. The van der Waals surface area contributed by atoms with Gasteiger partial charge in [0.2, 0.25) is 0 Å². The van der Waals surface area contributed by atoms with E-state index in [1.165, 1.54) is 12.8 Å². The van der Waals surface area contributed by atoms with Crippen LogP contribution in [0.3, 0.4) is 0 Å². The van der Waals surface area contributed by atoms with E-state index in [4.69, 9.17) is 12.2 Å². The van der Waals surface area contributed by atoms with Crippen molar-refractivity contribution in [1.29, 1.82) is 0 Å². The Balaban J connectivity index is 1.52. The number of hydrogen-bond acceptors (Lipinski definition) is 5. The largest absolute Gasteiger partial charge is 0.358 e. The highest BCUT2D eigenvalue weighted by Gasteiger charge is 2.15. The molecule has 110 valence electrons. The van der Waals surface area contributed by atoms with Crippen LogP contribution in [0, 0.1) is 0 Å². The normalized spacial score (nSPS) is 14.4. The molecule has 0 radical (unpaired) electrons. The van der Waals surface area contributed by atoms with Crippen molar-refractivity contribution < 1.29 is 0 Å². The van der Waals surface area contributed by atoms with E-state index in [9.17, 15) is 0 Å². The standard InChI is InChI=1S/C15H17N3S3/c19-15(18-8-4-5-9-18)21-11-13-10-20-14(17-13)16-12-6-2-1-3-7-12/h1-3,6-7,10H,4-5,8-9,11H2,(H,16,17). The lowest BCUT2D eigenvalue weighted by molar-refractivity contribution is 0.539. The lowest BCUT2D eigenvalue weighted by Crippen LogP contribution is -2.23. The van der Waals surface area contributed by atoms with Crippen LogP contribution in [0.2, 0.25) is 0 Å². The Morgan fingerprint density at radius 2 is 2.05 bits per heavy atom. The van der Waals surface area contributed by atoms with Crippen LogP contribution < -0.4 is 5.32 Å². The van der Waals surface area contributed by atoms with Gasteiger partial charge in [-0.1, -0.05) is 42.2 Å². The van der Waals surface area contributed by atoms with E-state index < -0.39 is 0 Å². The molecule has 1 aromatic carbocycles. The number of nitrogens with one attached hydrogen (secondary N) is 1. The first-order valence-corrected chi connectivity index (χ1v) is 9.27. The number of hydrogen-bond donors (Lipinski definition) is 1. The molecule has 2 heterocycles. The number of nitrogens with zero attached hydrogens (tertiary/aromatic N) is 2. The van der Waals surface area contributed by atoms with Crippen molar-refractivity contribution >= 4 is 50.5 Å². The van der Waals surface area contributed by atoms with Crippen molar-refractivity contribution in [3.05, 3.63) is 41.4 Å². The molecule has 1 aliphatic heterocycles. The van der Waals surface area contributed by atoms with Gasteiger partial charge in [-0.05, 0) is 25.0 Å². The summed E-state index contributed by atoms with van der Waals surface area (Å²) in [7, 11) is 0. The van der Waals surface area contributed by atoms with Crippen LogP contribution in [0.5, 0.6) is 0 Å². The van der Waals surface area contributed by atoms with E-state index in [0.29, 0.717) is 0 Å². The third kappa shape index (κ3) is 4.18. The van der Waals surface area contributed by atoms with Crippen molar-refractivity contribution in [2.24, 2.45) is 0 Å². The zero-order valence-corrected chi connectivity index (χ0v) is 14.1. The van der Waals surface area contributed by atoms with Crippen molar-refractivity contribution in [2.75, 3.05) is 18.4 Å². The van der Waals surface area contributed by atoms with Gasteiger partial charge in [0.05, 0.1) is 5.69 Å². The third-order valence-electron chi connectivity index (χ3n) is 3.28. The van der Waals surface area contributed by atoms with Gasteiger partial charge in [-0.3, -0.25) is 0 Å². The maximum atomic E-state index is 5.47. The van der Waals surface area contributed by atoms with Gasteiger partial charge in [-0.15, -0.1) is 11.3 Å². The molecule has 3 rings (SSSR count). The summed E-state index contributed by atoms with van der Waals surface area (Å²) in [6, 6.07) is 10.1. The summed E-state index contributed by atoms with van der Waals surface area (Å²) in [6.07, 6.45) is 2.53. The zero-order valence-electron chi connectivity index (χ0n) is 11.6. The third-order valence-corrected chi connectivity index (χ3v) is 5.65. The Labute approximate surface area is 138 Å². The number of thioether (sulfide) groups is 1. The van der Waals surface area contributed by atoms with Crippen molar-refractivity contribution in [3.63, 3.8) is 0 Å². The molecule has 6 heteroatoms. The predicted molar refractivity (Wildman–Crippen MR) is 96.5 cm³/mol. The molecule has 0 aliphatic carbocycles. The average molecular weight is 336 g/mol. The highest BCUT2D eigenvalue weighted by molar-refractivity contribution is 8.22. The molecule has 2 aromatic rings. The summed E-state index contributed by atoms with van der Waals surface area (Å²) in [5.74, 6) is 0.850. The second-order valence-electron chi connectivity index (χ2n) is 4.88. The fourth-order valence-electron chi connectivity index (χ4n) is 2.20. The first-order chi connectivity index (χ1) is 10.3. The van der Waals surface area contributed by atoms with Crippen LogP contribution >= 0.6 is 35.3 Å². The fraction of sp³-hybridized carbons (Fsp3) is 0.333. The molecule has 1 aromatic heterocycles. The number of thiocarbonyl (C=S) groups is 1. The lowest BCUT2D eigenvalue weighted by atomic mass is 10.3. The van der Waals surface area contributed by atoms with Gasteiger partial charge in [0.15, 0.2) is 5.13 Å². The summed E-state index contributed by atoms with van der Waals surface area (Å²) in [6.45, 7) is 2.23. The fourth-order valence-corrected chi connectivity index (χ4v) is 4.18. The second kappa shape index (κ2) is 7.24. The highest BCUT2D eigenvalue weighted by Crippen LogP contribution is 2.25. The number of rotatable bonds is 4. The average Bonchev–Trinajstić information content (AvgIpc) is 3.17. The number of likely N-dealkylation sites (tertiary alicyclic amines) is 1. The molecule has 0 atom stereocenters. The smallest absolute Gasteiger partial charge is 0.187 e. The van der Waals surface area contributed by atoms with E-state index in [1.807, 2.05) is 30.3 Å². The molecule has 0 bridgehead atoms. The van der Waals surface area contributed by atoms with Gasteiger partial charge >= 0.3 is 0 Å². The Morgan fingerprint density at radius 1 is 1.29 bits per heavy atom. The molecule has 1 saturated heterocycles. The molecule has 1 aliphatic rings. The summed E-state index contributed by atoms with van der Waals surface area (Å²) >= 11 is 8.83. The van der Waals surface area contributed by atoms with Gasteiger partial charge in [-0.2, -0.15) is 0 Å². The summed E-state index contributed by atoms with van der Waals surface area (Å²) in [5, 5.41) is 6.36.